The van der Waals surface area contributed by atoms with Gasteiger partial charge in [-0.25, -0.2) is 9.97 Å². The summed E-state index contributed by atoms with van der Waals surface area (Å²) in [6.07, 6.45) is 6.00. The Labute approximate surface area is 179 Å². The highest BCUT2D eigenvalue weighted by atomic mass is 16.5. The lowest BCUT2D eigenvalue weighted by molar-refractivity contribution is -0.111. The topological polar surface area (TPSA) is 111 Å². The van der Waals surface area contributed by atoms with Crippen LogP contribution in [0.15, 0.2) is 49.4 Å². The van der Waals surface area contributed by atoms with E-state index in [0.717, 1.165) is 18.9 Å². The minimum Gasteiger partial charge on any atom is -0.494 e. The first kappa shape index (κ1) is 20.3. The molecule has 0 radical (unpaired) electrons. The number of benzene rings is 1. The average molecular weight is 418 g/mol. The van der Waals surface area contributed by atoms with E-state index in [4.69, 9.17) is 4.74 Å². The number of nitrogens with zero attached hydrogens (tertiary/aromatic N) is 4. The molecule has 1 aromatic carbocycles. The van der Waals surface area contributed by atoms with Crippen molar-refractivity contribution in [3.8, 4) is 17.1 Å². The number of Topliss-reactive ketones (excluding diaryl/α,β-unsaturated/α-hetero) is 1. The lowest BCUT2D eigenvalue weighted by Crippen LogP contribution is -2.12. The van der Waals surface area contributed by atoms with Gasteiger partial charge >= 0.3 is 0 Å². The fraction of sp³-hybridized carbons (Fsp3) is 0.227. The number of carbonyl (C=O) groups excluding carboxylic acids is 2. The number of ketones is 1. The van der Waals surface area contributed by atoms with Crippen molar-refractivity contribution in [2.45, 2.75) is 12.8 Å². The van der Waals surface area contributed by atoms with Gasteiger partial charge in [0, 0.05) is 25.2 Å². The molecule has 1 amide bonds. The van der Waals surface area contributed by atoms with Gasteiger partial charge in [-0.15, -0.1) is 0 Å². The molecule has 0 spiro atoms. The summed E-state index contributed by atoms with van der Waals surface area (Å²) in [5.41, 5.74) is 2.32. The summed E-state index contributed by atoms with van der Waals surface area (Å²) in [4.78, 5) is 33.0. The normalized spacial score (nSPS) is 12.8. The summed E-state index contributed by atoms with van der Waals surface area (Å²) >= 11 is 0. The molecule has 0 unspecified atom stereocenters. The molecule has 31 heavy (non-hydrogen) atoms. The minimum atomic E-state index is -0.388. The van der Waals surface area contributed by atoms with Crippen molar-refractivity contribution in [2.75, 3.05) is 17.7 Å². The van der Waals surface area contributed by atoms with Crippen molar-refractivity contribution in [2.24, 2.45) is 13.0 Å². The third-order valence-electron chi connectivity index (χ3n) is 4.88. The van der Waals surface area contributed by atoms with E-state index in [1.165, 1.54) is 6.20 Å². The number of aromatic nitrogens is 4. The van der Waals surface area contributed by atoms with Crippen LogP contribution in [0.1, 0.15) is 23.2 Å². The Morgan fingerprint density at radius 1 is 1.26 bits per heavy atom. The molecule has 9 heteroatoms. The Kier molecular flexibility index (Phi) is 5.48. The van der Waals surface area contributed by atoms with Crippen LogP contribution < -0.4 is 15.4 Å². The van der Waals surface area contributed by atoms with Crippen molar-refractivity contribution >= 4 is 28.9 Å². The number of carbonyl (C=O) groups is 2. The molecule has 158 valence electrons. The quantitative estimate of drug-likeness (QED) is 0.426. The van der Waals surface area contributed by atoms with Crippen LogP contribution in [0, 0.1) is 5.92 Å². The van der Waals surface area contributed by atoms with E-state index in [1.54, 1.807) is 31.2 Å². The maximum atomic E-state index is 12.8. The number of nitrogens with one attached hydrogen (secondary N) is 2. The van der Waals surface area contributed by atoms with Crippen LogP contribution in [0.3, 0.4) is 0 Å². The SMILES string of the molecule is C=CC(=O)Nc1cc(Nc2cccc(-c3ncn(C)n3)c2OC)c(C(=O)C2CC2)cn1. The van der Waals surface area contributed by atoms with Gasteiger partial charge in [-0.05, 0) is 31.1 Å². The van der Waals surface area contributed by atoms with Gasteiger partial charge in [0.25, 0.3) is 0 Å². The number of anilines is 3. The Balaban J connectivity index is 1.75. The third kappa shape index (κ3) is 4.30. The molecule has 4 rings (SSSR count). The van der Waals surface area contributed by atoms with E-state index in [1.807, 2.05) is 18.2 Å². The van der Waals surface area contributed by atoms with Crippen molar-refractivity contribution in [3.63, 3.8) is 0 Å². The Morgan fingerprint density at radius 3 is 2.71 bits per heavy atom. The highest BCUT2D eigenvalue weighted by molar-refractivity contribution is 6.05. The summed E-state index contributed by atoms with van der Waals surface area (Å²) < 4.78 is 7.26. The number of aryl methyl sites for hydroxylation is 1. The van der Waals surface area contributed by atoms with E-state index in [0.29, 0.717) is 39.9 Å². The molecular weight excluding hydrogens is 396 g/mol. The summed E-state index contributed by atoms with van der Waals surface area (Å²) in [6, 6.07) is 7.17. The second-order valence-electron chi connectivity index (χ2n) is 7.20. The highest BCUT2D eigenvalue weighted by Gasteiger charge is 2.32. The fourth-order valence-corrected chi connectivity index (χ4v) is 3.21. The van der Waals surface area contributed by atoms with Gasteiger partial charge in [0.05, 0.1) is 29.6 Å². The molecule has 9 nitrogen and oxygen atoms in total. The third-order valence-corrected chi connectivity index (χ3v) is 4.88. The molecule has 1 aliphatic rings. The number of pyridine rings is 1. The van der Waals surface area contributed by atoms with Gasteiger partial charge in [-0.1, -0.05) is 12.6 Å². The lowest BCUT2D eigenvalue weighted by Gasteiger charge is -2.16. The van der Waals surface area contributed by atoms with E-state index in [9.17, 15) is 9.59 Å². The number of para-hydroxylation sites is 1. The van der Waals surface area contributed by atoms with Gasteiger partial charge in [-0.3, -0.25) is 14.3 Å². The second kappa shape index (κ2) is 8.39. The maximum absolute atomic E-state index is 12.8. The van der Waals surface area contributed by atoms with Gasteiger partial charge in [0.1, 0.15) is 12.1 Å². The smallest absolute Gasteiger partial charge is 0.248 e. The molecule has 1 aliphatic carbocycles. The van der Waals surface area contributed by atoms with E-state index in [-0.39, 0.29) is 17.6 Å². The van der Waals surface area contributed by atoms with Crippen molar-refractivity contribution in [3.05, 3.63) is 55.0 Å². The van der Waals surface area contributed by atoms with Crippen molar-refractivity contribution in [1.29, 1.82) is 0 Å². The summed E-state index contributed by atoms with van der Waals surface area (Å²) in [5, 5.41) is 10.3. The molecule has 0 atom stereocenters. The molecular formula is C22H22N6O3. The maximum Gasteiger partial charge on any atom is 0.248 e. The van der Waals surface area contributed by atoms with Crippen LogP contribution in [0.2, 0.25) is 0 Å². The monoisotopic (exact) mass is 418 g/mol. The van der Waals surface area contributed by atoms with Crippen LogP contribution in [0.4, 0.5) is 17.2 Å². The number of ether oxygens (including phenoxy) is 1. The summed E-state index contributed by atoms with van der Waals surface area (Å²) in [5.74, 6) is 1.01. The van der Waals surface area contributed by atoms with Crippen LogP contribution in [0.5, 0.6) is 5.75 Å². The second-order valence-corrected chi connectivity index (χ2v) is 7.20. The zero-order valence-corrected chi connectivity index (χ0v) is 17.3. The first-order valence-corrected chi connectivity index (χ1v) is 9.78. The molecule has 0 bridgehead atoms. The zero-order valence-electron chi connectivity index (χ0n) is 17.3. The van der Waals surface area contributed by atoms with Crippen LogP contribution >= 0.6 is 0 Å². The van der Waals surface area contributed by atoms with Gasteiger partial charge < -0.3 is 15.4 Å². The standard InChI is InChI=1S/C22H22N6O3/c1-4-19(29)26-18-10-17(15(11-23-18)20(30)13-8-9-13)25-16-7-5-6-14(21(16)31-3)22-24-12-28(2)27-22/h4-7,10-13H,1,8-9H2,2-3H3,(H2,23,25,26,29). The Hall–Kier alpha value is -4.01. The largest absolute Gasteiger partial charge is 0.494 e. The lowest BCUT2D eigenvalue weighted by atomic mass is 10.1. The molecule has 1 saturated carbocycles. The van der Waals surface area contributed by atoms with Crippen molar-refractivity contribution < 1.29 is 14.3 Å². The molecule has 3 aromatic rings. The Bertz CT molecular complexity index is 1170. The van der Waals surface area contributed by atoms with Crippen LogP contribution in [-0.2, 0) is 11.8 Å². The molecule has 2 aromatic heterocycles. The predicted molar refractivity (Wildman–Crippen MR) is 116 cm³/mol. The van der Waals surface area contributed by atoms with Gasteiger partial charge in [0.15, 0.2) is 17.4 Å². The molecule has 2 heterocycles. The molecule has 0 aliphatic heterocycles. The van der Waals surface area contributed by atoms with Crippen molar-refractivity contribution in [1.82, 2.24) is 19.7 Å². The Morgan fingerprint density at radius 2 is 2.06 bits per heavy atom. The minimum absolute atomic E-state index is 0.0157. The van der Waals surface area contributed by atoms with E-state index >= 15 is 0 Å². The molecule has 2 N–H and O–H groups in total. The molecule has 1 fully saturated rings. The number of amides is 1. The fourth-order valence-electron chi connectivity index (χ4n) is 3.21. The van der Waals surface area contributed by atoms with E-state index < -0.39 is 0 Å². The number of methoxy groups -OCH3 is 1. The highest BCUT2D eigenvalue weighted by Crippen LogP contribution is 2.39. The van der Waals surface area contributed by atoms with Crippen LogP contribution in [0.25, 0.3) is 11.4 Å². The van der Waals surface area contributed by atoms with Gasteiger partial charge in [0.2, 0.25) is 5.91 Å². The van der Waals surface area contributed by atoms with Crippen LogP contribution in [-0.4, -0.2) is 38.5 Å². The number of hydrogen-bond donors (Lipinski definition) is 2. The summed E-state index contributed by atoms with van der Waals surface area (Å²) in [6.45, 7) is 3.45. The first-order chi connectivity index (χ1) is 15.0. The predicted octanol–water partition coefficient (Wildman–Crippen LogP) is 3.35. The van der Waals surface area contributed by atoms with Gasteiger partial charge in [-0.2, -0.15) is 5.10 Å². The summed E-state index contributed by atoms with van der Waals surface area (Å²) in [7, 11) is 3.35. The van der Waals surface area contributed by atoms with E-state index in [2.05, 4.69) is 32.3 Å². The first-order valence-electron chi connectivity index (χ1n) is 9.78. The molecule has 0 saturated heterocycles. The zero-order chi connectivity index (χ0) is 22.0. The average Bonchev–Trinajstić information content (AvgIpc) is 3.54. The number of rotatable bonds is 8. The number of hydrogen-bond acceptors (Lipinski definition) is 7.